The quantitative estimate of drug-likeness (QED) is 0.661. The Kier molecular flexibility index (Phi) is 4.90. The van der Waals surface area contributed by atoms with Crippen LogP contribution in [0.1, 0.15) is 32.1 Å². The zero-order valence-electron chi connectivity index (χ0n) is 12.6. The minimum Gasteiger partial charge on any atom is -0.381 e. The first-order valence-electron chi connectivity index (χ1n) is 7.87. The lowest BCUT2D eigenvalue weighted by atomic mass is 9.86. The van der Waals surface area contributed by atoms with Crippen LogP contribution in [0.2, 0.25) is 0 Å². The third-order valence-corrected chi connectivity index (χ3v) is 5.60. The maximum absolute atomic E-state index is 10.8. The van der Waals surface area contributed by atoms with Crippen LogP contribution in [0.15, 0.2) is 6.20 Å². The van der Waals surface area contributed by atoms with Crippen molar-refractivity contribution in [2.75, 3.05) is 38.2 Å². The second kappa shape index (κ2) is 6.89. The monoisotopic (exact) mass is 326 g/mol. The van der Waals surface area contributed by atoms with Crippen molar-refractivity contribution in [2.45, 2.75) is 37.6 Å². The molecule has 7 nitrogen and oxygen atoms in total. The van der Waals surface area contributed by atoms with Crippen LogP contribution in [-0.2, 0) is 4.74 Å². The number of hydrogen-bond acceptors (Lipinski definition) is 7. The number of aromatic nitrogens is 1. The van der Waals surface area contributed by atoms with Crippen molar-refractivity contribution in [1.29, 1.82) is 0 Å². The average molecular weight is 326 g/mol. The minimum absolute atomic E-state index is 0.0847. The third kappa shape index (κ3) is 3.39. The summed E-state index contributed by atoms with van der Waals surface area (Å²) in [5, 5.41) is 14.8. The highest BCUT2D eigenvalue weighted by Crippen LogP contribution is 2.32. The van der Waals surface area contributed by atoms with E-state index in [9.17, 15) is 10.1 Å². The zero-order chi connectivity index (χ0) is 15.4. The number of ether oxygens (including phenoxy) is 1. The Morgan fingerprint density at radius 3 is 2.73 bits per heavy atom. The van der Waals surface area contributed by atoms with Gasteiger partial charge in [0.2, 0.25) is 0 Å². The van der Waals surface area contributed by atoms with Crippen molar-refractivity contribution >= 4 is 21.5 Å². The van der Waals surface area contributed by atoms with Crippen LogP contribution in [0.4, 0.5) is 10.1 Å². The molecule has 0 unspecified atom stereocenters. The number of likely N-dealkylation sites (tertiary alicyclic amines) is 1. The van der Waals surface area contributed by atoms with Gasteiger partial charge in [-0.15, -0.1) is 0 Å². The molecule has 0 spiro atoms. The smallest absolute Gasteiger partial charge is 0.345 e. The Balaban J connectivity index is 1.67. The third-order valence-electron chi connectivity index (χ3n) is 4.69. The van der Waals surface area contributed by atoms with Crippen molar-refractivity contribution < 1.29 is 9.66 Å². The van der Waals surface area contributed by atoms with Crippen molar-refractivity contribution in [2.24, 2.45) is 0 Å². The summed E-state index contributed by atoms with van der Waals surface area (Å²) in [5.41, 5.74) is 0.0963. The molecular formula is C14H22N4O3S. The largest absolute Gasteiger partial charge is 0.381 e. The molecule has 2 fully saturated rings. The van der Waals surface area contributed by atoms with Crippen LogP contribution in [0.5, 0.6) is 0 Å². The molecule has 2 saturated heterocycles. The van der Waals surface area contributed by atoms with E-state index in [2.05, 4.69) is 15.2 Å². The lowest BCUT2D eigenvalue weighted by molar-refractivity contribution is -0.380. The topological polar surface area (TPSA) is 80.5 Å². The van der Waals surface area contributed by atoms with E-state index in [4.69, 9.17) is 4.74 Å². The second-order valence-electron chi connectivity index (χ2n) is 6.00. The van der Waals surface area contributed by atoms with Gasteiger partial charge in [-0.25, -0.2) is 4.98 Å². The molecule has 0 amide bonds. The number of piperidine rings is 1. The summed E-state index contributed by atoms with van der Waals surface area (Å²) >= 11 is 1.10. The lowest BCUT2D eigenvalue weighted by Gasteiger charge is -2.48. The van der Waals surface area contributed by atoms with Gasteiger partial charge >= 0.3 is 5.00 Å². The summed E-state index contributed by atoms with van der Waals surface area (Å²) in [6, 6.07) is 0. The Bertz CT molecular complexity index is 510. The molecule has 3 rings (SSSR count). The van der Waals surface area contributed by atoms with Crippen LogP contribution in [0.25, 0.3) is 0 Å². The Morgan fingerprint density at radius 1 is 1.36 bits per heavy atom. The van der Waals surface area contributed by atoms with Gasteiger partial charge < -0.3 is 10.1 Å². The van der Waals surface area contributed by atoms with Crippen molar-refractivity contribution in [3.8, 4) is 0 Å². The number of nitrogens with one attached hydrogen (secondary N) is 1. The molecule has 8 heteroatoms. The fourth-order valence-electron chi connectivity index (χ4n) is 3.40. The van der Waals surface area contributed by atoms with E-state index in [0.717, 1.165) is 57.0 Å². The van der Waals surface area contributed by atoms with Crippen molar-refractivity contribution in [1.82, 2.24) is 9.88 Å². The Hall–Kier alpha value is -1.25. The summed E-state index contributed by atoms with van der Waals surface area (Å²) in [4.78, 5) is 17.1. The Labute approximate surface area is 133 Å². The van der Waals surface area contributed by atoms with Crippen LogP contribution < -0.4 is 5.32 Å². The molecule has 0 bridgehead atoms. The number of thiazole rings is 1. The van der Waals surface area contributed by atoms with Gasteiger partial charge in [0.15, 0.2) is 5.13 Å². The fourth-order valence-corrected chi connectivity index (χ4v) is 4.02. The van der Waals surface area contributed by atoms with Gasteiger partial charge in [0.1, 0.15) is 6.20 Å². The highest BCUT2D eigenvalue weighted by molar-refractivity contribution is 7.18. The number of nitrogens with zero attached hydrogens (tertiary/aromatic N) is 3. The number of hydrogen-bond donors (Lipinski definition) is 1. The number of rotatable bonds is 5. The predicted molar refractivity (Wildman–Crippen MR) is 85.5 cm³/mol. The normalized spacial score (nSPS) is 22.4. The molecule has 22 heavy (non-hydrogen) atoms. The fraction of sp³-hybridized carbons (Fsp3) is 0.786. The second-order valence-corrected chi connectivity index (χ2v) is 7.01. The van der Waals surface area contributed by atoms with E-state index < -0.39 is 4.92 Å². The maximum Gasteiger partial charge on any atom is 0.345 e. The van der Waals surface area contributed by atoms with E-state index in [1.54, 1.807) is 0 Å². The van der Waals surface area contributed by atoms with E-state index >= 15 is 0 Å². The zero-order valence-corrected chi connectivity index (χ0v) is 13.4. The highest BCUT2D eigenvalue weighted by atomic mass is 32.1. The molecule has 1 N–H and O–H groups in total. The maximum atomic E-state index is 10.8. The average Bonchev–Trinajstić information content (AvgIpc) is 3.04. The van der Waals surface area contributed by atoms with Crippen LogP contribution in [-0.4, -0.2) is 53.2 Å². The molecule has 0 saturated carbocycles. The number of anilines is 1. The van der Waals surface area contributed by atoms with Gasteiger partial charge in [0.25, 0.3) is 0 Å². The molecule has 0 aliphatic carbocycles. The van der Waals surface area contributed by atoms with Gasteiger partial charge in [0, 0.05) is 25.3 Å². The van der Waals surface area contributed by atoms with Gasteiger partial charge in [-0.2, -0.15) is 0 Å². The highest BCUT2D eigenvalue weighted by Gasteiger charge is 2.39. The van der Waals surface area contributed by atoms with Crippen LogP contribution in [0, 0.1) is 10.1 Å². The summed E-state index contributed by atoms with van der Waals surface area (Å²) in [6.45, 7) is 4.63. The Morgan fingerprint density at radius 2 is 2.09 bits per heavy atom. The molecule has 1 aromatic heterocycles. The van der Waals surface area contributed by atoms with Crippen molar-refractivity contribution in [3.63, 3.8) is 0 Å². The molecule has 0 aromatic carbocycles. The van der Waals surface area contributed by atoms with E-state index in [1.807, 2.05) is 0 Å². The first-order valence-corrected chi connectivity index (χ1v) is 8.68. The van der Waals surface area contributed by atoms with Crippen LogP contribution in [0.3, 0.4) is 0 Å². The van der Waals surface area contributed by atoms with Crippen molar-refractivity contribution in [3.05, 3.63) is 16.3 Å². The standard InChI is InChI=1S/C14H22N4O3S/c19-18(20)12-10-15-13(22-12)16-11-14(4-8-21-9-5-14)17-6-2-1-3-7-17/h10H,1-9,11H2,(H,15,16). The molecule has 1 aromatic rings. The van der Waals surface area contributed by atoms with Gasteiger partial charge in [-0.3, -0.25) is 15.0 Å². The van der Waals surface area contributed by atoms with Gasteiger partial charge in [-0.1, -0.05) is 6.42 Å². The lowest BCUT2D eigenvalue weighted by Crippen LogP contribution is -2.57. The molecule has 0 atom stereocenters. The number of nitro groups is 1. The minimum atomic E-state index is -0.391. The van der Waals surface area contributed by atoms with E-state index in [-0.39, 0.29) is 10.5 Å². The first kappa shape index (κ1) is 15.6. The summed E-state index contributed by atoms with van der Waals surface area (Å²) < 4.78 is 5.55. The summed E-state index contributed by atoms with van der Waals surface area (Å²) in [6.07, 6.45) is 7.16. The van der Waals surface area contributed by atoms with Crippen LogP contribution >= 0.6 is 11.3 Å². The summed E-state index contributed by atoms with van der Waals surface area (Å²) in [7, 11) is 0. The SMILES string of the molecule is O=[N+]([O-])c1cnc(NCC2(N3CCCCC3)CCOCC2)s1. The molecule has 3 heterocycles. The molecule has 0 radical (unpaired) electrons. The predicted octanol–water partition coefficient (Wildman–Crippen LogP) is 2.50. The van der Waals surface area contributed by atoms with Gasteiger partial charge in [0.05, 0.1) is 4.92 Å². The molecule has 2 aliphatic heterocycles. The summed E-state index contributed by atoms with van der Waals surface area (Å²) in [5.74, 6) is 0. The van der Waals surface area contributed by atoms with E-state index in [0.29, 0.717) is 5.13 Å². The molecule has 2 aliphatic rings. The first-order chi connectivity index (χ1) is 10.7. The van der Waals surface area contributed by atoms with E-state index in [1.165, 1.54) is 25.5 Å². The van der Waals surface area contributed by atoms with Gasteiger partial charge in [-0.05, 0) is 50.1 Å². The molecule has 122 valence electrons. The molecular weight excluding hydrogens is 304 g/mol.